The number of aromatic carboxylic acids is 1. The van der Waals surface area contributed by atoms with E-state index < -0.39 is 94.4 Å². The van der Waals surface area contributed by atoms with Gasteiger partial charge < -0.3 is 5.11 Å². The lowest BCUT2D eigenvalue weighted by Crippen LogP contribution is -2.31. The molecule has 14 aromatic rings. The Morgan fingerprint density at radius 2 is 1.04 bits per heavy atom. The van der Waals surface area contributed by atoms with Gasteiger partial charge in [0.1, 0.15) is 56.4 Å². The van der Waals surface area contributed by atoms with E-state index in [2.05, 4.69) is 48.1 Å². The van der Waals surface area contributed by atoms with Crippen LogP contribution < -0.4 is 16.1 Å². The van der Waals surface area contributed by atoms with Crippen LogP contribution in [0.15, 0.2) is 107 Å². The number of fused-ring (bicyclic) bond motifs is 6. The Kier molecular flexibility index (Phi) is 19.6. The maximum Gasteiger partial charge on any atom is 0.353 e. The summed E-state index contributed by atoms with van der Waals surface area (Å²) in [7, 11) is -7.63. The van der Waals surface area contributed by atoms with Gasteiger partial charge in [0.05, 0.1) is 63.0 Å². The van der Waals surface area contributed by atoms with E-state index >= 15 is 4.39 Å². The first-order valence-corrected chi connectivity index (χ1v) is 38.5. The first-order valence-electron chi connectivity index (χ1n) is 28.0. The van der Waals surface area contributed by atoms with Gasteiger partial charge in [0, 0.05) is 38.2 Å². The molecule has 2 aliphatic carbocycles. The number of H-pyrrole nitrogens is 1. The molecular weight excluding hydrogens is 1870 g/mol. The molecule has 2 saturated carbocycles. The van der Waals surface area contributed by atoms with Crippen molar-refractivity contribution in [1.82, 2.24) is 56.4 Å². The van der Waals surface area contributed by atoms with Crippen molar-refractivity contribution in [3.05, 3.63) is 207 Å². The first-order chi connectivity index (χ1) is 46.7. The van der Waals surface area contributed by atoms with Gasteiger partial charge in [0.15, 0.2) is 23.3 Å². The maximum atomic E-state index is 15.3. The van der Waals surface area contributed by atoms with Crippen molar-refractivity contribution in [2.45, 2.75) is 49.0 Å². The van der Waals surface area contributed by atoms with Crippen LogP contribution in [-0.2, 0) is 32.9 Å². The summed E-state index contributed by atoms with van der Waals surface area (Å²) in [5, 5.41) is 23.1. The third-order valence-corrected chi connectivity index (χ3v) is 24.7. The zero-order valence-corrected chi connectivity index (χ0v) is 61.9. The predicted octanol–water partition coefficient (Wildman–Crippen LogP) is 14.2. The fraction of sp³-hybridized carbons (Fsp3) is 0.136. The lowest BCUT2D eigenvalue weighted by atomic mass is 9.98. The van der Waals surface area contributed by atoms with E-state index in [0.717, 1.165) is 58.8 Å². The van der Waals surface area contributed by atoms with Crippen molar-refractivity contribution in [2.24, 2.45) is 0 Å². The Labute approximate surface area is 614 Å². The minimum Gasteiger partial charge on any atom is -0.478 e. The number of nitrogens with one attached hydrogen (secondary N) is 2. The second-order valence-electron chi connectivity index (χ2n) is 21.6. The van der Waals surface area contributed by atoms with Gasteiger partial charge in [-0.25, -0.2) is 70.8 Å². The normalized spacial score (nSPS) is 13.3. The lowest BCUT2D eigenvalue weighted by molar-refractivity contribution is 0.0695. The van der Waals surface area contributed by atoms with Gasteiger partial charge in [-0.1, -0.05) is 25.6 Å². The molecule has 6 heterocycles. The van der Waals surface area contributed by atoms with Crippen LogP contribution >= 0.6 is 136 Å². The largest absolute Gasteiger partial charge is 0.478 e. The molecule has 0 unspecified atom stereocenters. The van der Waals surface area contributed by atoms with Gasteiger partial charge in [0.25, 0.3) is 0 Å². The average Bonchev–Trinajstić information content (AvgIpc) is 1.55. The SMILES string of the molecule is O=C(O)c1cc2snnc2c(F)c1Cc1ccc(I)cc1F.O=S(=O)(Nc1cc2snnc2c(F)c1Cc1ccc(I)cc1F)C1CC1.O=c1n(-c2ccc(I)cc2F)c2c(F)c3nnsc3cc2n1S(=O)(=O)C1CC1.O=c1nc2cc3s[nH]nc3c(F)c2n1-c1ccc(I)cc1F. The van der Waals surface area contributed by atoms with Crippen LogP contribution in [0.2, 0.25) is 0 Å². The van der Waals surface area contributed by atoms with Crippen LogP contribution in [0, 0.1) is 60.8 Å². The Morgan fingerprint density at radius 3 is 1.57 bits per heavy atom. The van der Waals surface area contributed by atoms with Gasteiger partial charge in [-0.2, -0.15) is 14.1 Å². The van der Waals surface area contributed by atoms with Gasteiger partial charge >= 0.3 is 17.3 Å². The van der Waals surface area contributed by atoms with Crippen LogP contribution in [0.5, 0.6) is 0 Å². The molecule has 0 spiro atoms. The number of carboxylic acid groups (broad SMARTS) is 1. The summed E-state index contributed by atoms with van der Waals surface area (Å²) >= 11 is 11.7. The van der Waals surface area contributed by atoms with Crippen molar-refractivity contribution in [2.75, 3.05) is 4.72 Å². The third kappa shape index (κ3) is 13.5. The van der Waals surface area contributed by atoms with E-state index in [-0.39, 0.29) is 102 Å². The van der Waals surface area contributed by atoms with E-state index in [1.54, 1.807) is 36.4 Å². The average molecular weight is 1900 g/mol. The molecule has 502 valence electrons. The fourth-order valence-electron chi connectivity index (χ4n) is 10.3. The molecule has 0 aliphatic heterocycles. The third-order valence-electron chi connectivity index (χ3n) is 15.2. The quantitative estimate of drug-likeness (QED) is 0.0757. The van der Waals surface area contributed by atoms with E-state index in [9.17, 15) is 67.1 Å². The number of hydrogen-bond donors (Lipinski definition) is 3. The molecule has 2 fully saturated rings. The summed E-state index contributed by atoms with van der Waals surface area (Å²) in [6.07, 6.45) is 1.76. The van der Waals surface area contributed by atoms with Crippen molar-refractivity contribution < 1.29 is 61.9 Å². The number of anilines is 1. The number of nitrogens with zero attached hydrogens (tertiary/aromatic N) is 11. The number of carbonyl (C=O) groups is 1. The molecule has 0 amide bonds. The van der Waals surface area contributed by atoms with Crippen LogP contribution in [0.1, 0.15) is 58.3 Å². The predicted molar refractivity (Wildman–Crippen MR) is 387 cm³/mol. The molecule has 21 nitrogen and oxygen atoms in total. The molecule has 3 N–H and O–H groups in total. The number of halogens is 12. The molecule has 6 aromatic heterocycles. The second kappa shape index (κ2) is 27.6. The summed E-state index contributed by atoms with van der Waals surface area (Å²) in [6.45, 7) is 0. The molecule has 0 bridgehead atoms. The lowest BCUT2D eigenvalue weighted by Gasteiger charge is -2.14. The van der Waals surface area contributed by atoms with E-state index in [4.69, 9.17) is 0 Å². The van der Waals surface area contributed by atoms with Gasteiger partial charge in [0.2, 0.25) is 20.0 Å². The smallest absolute Gasteiger partial charge is 0.353 e. The molecule has 39 heteroatoms. The second-order valence-corrected chi connectivity index (χ2v) is 33.8. The number of aromatic nitrogens is 12. The van der Waals surface area contributed by atoms with Gasteiger partial charge in [-0.3, -0.25) is 13.9 Å². The number of benzene rings is 8. The number of sulfonamides is 1. The Morgan fingerprint density at radius 1 is 0.561 bits per heavy atom. The fourth-order valence-corrected chi connectivity index (χ4v) is 17.7. The summed E-state index contributed by atoms with van der Waals surface area (Å²) < 4.78 is 190. The number of hydrogen-bond acceptors (Lipinski definition) is 19. The summed E-state index contributed by atoms with van der Waals surface area (Å²) in [6, 6.07) is 23.3. The zero-order valence-electron chi connectivity index (χ0n) is 48.3. The highest BCUT2D eigenvalue weighted by molar-refractivity contribution is 14.1. The first kappa shape index (κ1) is 69.6. The Bertz CT molecular complexity index is 6000. The van der Waals surface area contributed by atoms with E-state index in [1.165, 1.54) is 60.7 Å². The number of imidazole rings is 2. The van der Waals surface area contributed by atoms with E-state index in [1.807, 2.05) is 90.4 Å². The van der Waals surface area contributed by atoms with Crippen LogP contribution in [0.25, 0.3) is 74.3 Å². The molecule has 8 aromatic carbocycles. The highest BCUT2D eigenvalue weighted by Gasteiger charge is 2.41. The summed E-state index contributed by atoms with van der Waals surface area (Å²) in [5.41, 5.74) is -1.95. The number of aromatic amines is 1. The van der Waals surface area contributed by atoms with Crippen molar-refractivity contribution in [3.8, 4) is 11.4 Å². The molecule has 0 radical (unpaired) electrons. The molecule has 16 rings (SSSR count). The minimum absolute atomic E-state index is 0.0101. The van der Waals surface area contributed by atoms with Crippen molar-refractivity contribution in [1.29, 1.82) is 0 Å². The van der Waals surface area contributed by atoms with Crippen molar-refractivity contribution >= 4 is 231 Å². The molecule has 0 saturated heterocycles. The monoisotopic (exact) mass is 1900 g/mol. The van der Waals surface area contributed by atoms with Gasteiger partial charge in [-0.15, -0.1) is 15.3 Å². The molecule has 0 atom stereocenters. The Balaban J connectivity index is 0.000000118. The summed E-state index contributed by atoms with van der Waals surface area (Å²) in [4.78, 5) is 40.4. The highest BCUT2D eigenvalue weighted by atomic mass is 127. The zero-order chi connectivity index (χ0) is 69.5. The van der Waals surface area contributed by atoms with Crippen LogP contribution in [0.3, 0.4) is 0 Å². The van der Waals surface area contributed by atoms with Crippen LogP contribution in [-0.4, -0.2) is 94.8 Å². The molecule has 2 aliphatic rings. The highest BCUT2D eigenvalue weighted by Crippen LogP contribution is 2.38. The number of carboxylic acids is 1. The molecular formula is C59H33F8I4N13O8S6. The van der Waals surface area contributed by atoms with Crippen molar-refractivity contribution in [3.63, 3.8) is 0 Å². The van der Waals surface area contributed by atoms with E-state index in [0.29, 0.717) is 59.2 Å². The van der Waals surface area contributed by atoms with Crippen LogP contribution in [0.4, 0.5) is 40.8 Å². The van der Waals surface area contributed by atoms with Gasteiger partial charge in [-0.05, 0) is 258 Å². The summed E-state index contributed by atoms with van der Waals surface area (Å²) in [5.74, 6) is -6.68. The number of rotatable bonds is 12. The maximum absolute atomic E-state index is 15.3. The topological polar surface area (TPSA) is 285 Å². The standard InChI is InChI=1S/C16H9F2IN4O3S2.C16H12F2IN3O2S2.C14H7F2IN2O2S.C13H5F2IN4OS/c17-9-5-7(19)1-4-10(9)22-15-11(6-12-14(13(15)18)20-21-27-12)23(16(22)24)28(25,26)8-2-3-8;17-12-6-9(19)2-1-8(12)5-11-13(21-26(23,24)10-3-4-10)7-14-16(15(11)18)20-22-25-14;15-10-4-7(17)2-1-6(10)3-8-9(14(20)21)5-11-13(12(8)16)18-19-22-11;14-6-3-5(16)1-2-8(6)20-12-7(17-13(20)21)4-9-11(10(12)15)18-19-22-9/h1,4-6,8H,2-3H2;1-2,6-7,10,21H,3-5H2;1-2,4-5H,3H2,(H,20,21);1-4,19H. The minimum atomic E-state index is -4.04. The Hall–Kier alpha value is -6.89. The molecule has 98 heavy (non-hydrogen) atoms.